The van der Waals surface area contributed by atoms with E-state index in [9.17, 15) is 4.79 Å². The number of aromatic nitrogens is 1. The minimum absolute atomic E-state index is 0.155. The van der Waals surface area contributed by atoms with E-state index < -0.39 is 0 Å². The van der Waals surface area contributed by atoms with Crippen molar-refractivity contribution >= 4 is 28.2 Å². The van der Waals surface area contributed by atoms with Gasteiger partial charge in [0.2, 0.25) is 0 Å². The van der Waals surface area contributed by atoms with E-state index in [1.165, 1.54) is 11.3 Å². The maximum absolute atomic E-state index is 11.7. The van der Waals surface area contributed by atoms with Crippen molar-refractivity contribution in [2.45, 2.75) is 19.4 Å². The summed E-state index contributed by atoms with van der Waals surface area (Å²) in [5, 5.41) is 3.51. The van der Waals surface area contributed by atoms with E-state index in [1.54, 1.807) is 0 Å². The molecule has 94 valence electrons. The standard InChI is InChI=1S/C10H17N5OS/c1-2-13-9(16)7-8(12)14-10(17-7)15-4-3-6(11)5-15/h6H,2-5,11-12H2,1H3,(H,13,16). The van der Waals surface area contributed by atoms with Crippen molar-refractivity contribution in [3.8, 4) is 0 Å². The summed E-state index contributed by atoms with van der Waals surface area (Å²) in [6.07, 6.45) is 0.954. The SMILES string of the molecule is CCNC(=O)c1sc(N2CCC(N)C2)nc1N. The average molecular weight is 255 g/mol. The highest BCUT2D eigenvalue weighted by atomic mass is 32.1. The summed E-state index contributed by atoms with van der Waals surface area (Å²) in [4.78, 5) is 18.5. The summed E-state index contributed by atoms with van der Waals surface area (Å²) in [6, 6.07) is 0.188. The number of carbonyl (C=O) groups excluding carboxylic acids is 1. The van der Waals surface area contributed by atoms with Gasteiger partial charge in [0.1, 0.15) is 10.7 Å². The zero-order valence-corrected chi connectivity index (χ0v) is 10.6. The molecule has 6 nitrogen and oxygen atoms in total. The number of nitrogens with one attached hydrogen (secondary N) is 1. The van der Waals surface area contributed by atoms with Gasteiger partial charge < -0.3 is 21.7 Å². The first kappa shape index (κ1) is 12.1. The molecular formula is C10H17N5OS. The van der Waals surface area contributed by atoms with E-state index in [1.807, 2.05) is 6.92 Å². The largest absolute Gasteiger partial charge is 0.382 e. The van der Waals surface area contributed by atoms with Crippen LogP contribution in [0.15, 0.2) is 0 Å². The average Bonchev–Trinajstić information content (AvgIpc) is 2.85. The predicted molar refractivity (Wildman–Crippen MR) is 69.3 cm³/mol. The van der Waals surface area contributed by atoms with Crippen LogP contribution in [0, 0.1) is 0 Å². The van der Waals surface area contributed by atoms with Crippen LogP contribution in [0.25, 0.3) is 0 Å². The van der Waals surface area contributed by atoms with E-state index in [-0.39, 0.29) is 11.9 Å². The summed E-state index contributed by atoms with van der Waals surface area (Å²) in [6.45, 7) is 4.11. The van der Waals surface area contributed by atoms with Crippen LogP contribution in [0.1, 0.15) is 23.0 Å². The second kappa shape index (κ2) is 4.89. The molecule has 17 heavy (non-hydrogen) atoms. The molecule has 1 aromatic heterocycles. The van der Waals surface area contributed by atoms with Crippen LogP contribution < -0.4 is 21.7 Å². The quantitative estimate of drug-likeness (QED) is 0.707. The minimum atomic E-state index is -0.155. The van der Waals surface area contributed by atoms with Crippen LogP contribution in [0.4, 0.5) is 10.9 Å². The van der Waals surface area contributed by atoms with E-state index in [4.69, 9.17) is 11.5 Å². The third kappa shape index (κ3) is 2.50. The summed E-state index contributed by atoms with van der Waals surface area (Å²) in [5.41, 5.74) is 11.6. The van der Waals surface area contributed by atoms with Crippen LogP contribution in [-0.2, 0) is 0 Å². The second-order valence-corrected chi connectivity index (χ2v) is 5.04. The molecule has 2 heterocycles. The monoisotopic (exact) mass is 255 g/mol. The lowest BCUT2D eigenvalue weighted by Crippen LogP contribution is -2.26. The van der Waals surface area contributed by atoms with Crippen molar-refractivity contribution in [1.29, 1.82) is 0 Å². The Kier molecular flexibility index (Phi) is 3.49. The molecule has 0 aromatic carbocycles. The Morgan fingerprint density at radius 2 is 2.47 bits per heavy atom. The molecule has 2 rings (SSSR count). The Morgan fingerprint density at radius 1 is 1.71 bits per heavy atom. The van der Waals surface area contributed by atoms with Crippen molar-refractivity contribution in [3.05, 3.63) is 4.88 Å². The van der Waals surface area contributed by atoms with Gasteiger partial charge in [-0.15, -0.1) is 0 Å². The van der Waals surface area contributed by atoms with Gasteiger partial charge in [0.25, 0.3) is 5.91 Å². The van der Waals surface area contributed by atoms with E-state index in [0.717, 1.165) is 24.6 Å². The van der Waals surface area contributed by atoms with Gasteiger partial charge in [-0.2, -0.15) is 0 Å². The first-order valence-electron chi connectivity index (χ1n) is 5.66. The van der Waals surface area contributed by atoms with Gasteiger partial charge in [-0.3, -0.25) is 4.79 Å². The molecule has 0 saturated carbocycles. The molecule has 1 aliphatic heterocycles. The van der Waals surface area contributed by atoms with Crippen LogP contribution >= 0.6 is 11.3 Å². The molecule has 0 aliphatic carbocycles. The molecule has 5 N–H and O–H groups in total. The minimum Gasteiger partial charge on any atom is -0.382 e. The third-order valence-electron chi connectivity index (χ3n) is 2.68. The van der Waals surface area contributed by atoms with E-state index >= 15 is 0 Å². The van der Waals surface area contributed by atoms with Crippen LogP contribution in [0.5, 0.6) is 0 Å². The second-order valence-electron chi connectivity index (χ2n) is 4.07. The highest BCUT2D eigenvalue weighted by Crippen LogP contribution is 2.29. The maximum atomic E-state index is 11.7. The Labute approximate surface area is 104 Å². The van der Waals surface area contributed by atoms with E-state index in [0.29, 0.717) is 17.2 Å². The van der Waals surface area contributed by atoms with Crippen LogP contribution in [0.3, 0.4) is 0 Å². The lowest BCUT2D eigenvalue weighted by molar-refractivity contribution is 0.0960. The fourth-order valence-electron chi connectivity index (χ4n) is 1.82. The number of rotatable bonds is 3. The number of hydrogen-bond donors (Lipinski definition) is 3. The molecule has 1 amide bonds. The lowest BCUT2D eigenvalue weighted by Gasteiger charge is -2.12. The van der Waals surface area contributed by atoms with Gasteiger partial charge in [0.15, 0.2) is 5.13 Å². The number of nitrogens with zero attached hydrogens (tertiary/aromatic N) is 2. The fraction of sp³-hybridized carbons (Fsp3) is 0.600. The van der Waals surface area contributed by atoms with Crippen molar-refractivity contribution in [2.24, 2.45) is 5.73 Å². The van der Waals surface area contributed by atoms with Crippen molar-refractivity contribution in [1.82, 2.24) is 10.3 Å². The number of nitrogens with two attached hydrogens (primary N) is 2. The molecular weight excluding hydrogens is 238 g/mol. The summed E-state index contributed by atoms with van der Waals surface area (Å²) < 4.78 is 0. The summed E-state index contributed by atoms with van der Waals surface area (Å²) >= 11 is 1.33. The van der Waals surface area contributed by atoms with Gasteiger partial charge in [-0.1, -0.05) is 11.3 Å². The number of hydrogen-bond acceptors (Lipinski definition) is 6. The predicted octanol–water partition coefficient (Wildman–Crippen LogP) is 0.0124. The van der Waals surface area contributed by atoms with Gasteiger partial charge in [-0.25, -0.2) is 4.98 Å². The Hall–Kier alpha value is -1.34. The van der Waals surface area contributed by atoms with Gasteiger partial charge in [0.05, 0.1) is 0 Å². The zero-order valence-electron chi connectivity index (χ0n) is 9.77. The number of thiazole rings is 1. The molecule has 1 aliphatic rings. The van der Waals surface area contributed by atoms with Crippen molar-refractivity contribution in [2.75, 3.05) is 30.3 Å². The molecule has 0 spiro atoms. The first-order chi connectivity index (χ1) is 8.11. The normalized spacial score (nSPS) is 19.6. The van der Waals surface area contributed by atoms with Crippen molar-refractivity contribution in [3.63, 3.8) is 0 Å². The molecule has 0 bridgehead atoms. The van der Waals surface area contributed by atoms with Crippen molar-refractivity contribution < 1.29 is 4.79 Å². The summed E-state index contributed by atoms with van der Waals surface area (Å²) in [7, 11) is 0. The number of carbonyl (C=O) groups is 1. The van der Waals surface area contributed by atoms with Gasteiger partial charge >= 0.3 is 0 Å². The first-order valence-corrected chi connectivity index (χ1v) is 6.48. The molecule has 1 aromatic rings. The molecule has 1 atom stereocenters. The molecule has 1 fully saturated rings. The molecule has 0 radical (unpaired) electrons. The number of nitrogen functional groups attached to an aromatic ring is 1. The highest BCUT2D eigenvalue weighted by Gasteiger charge is 2.24. The van der Waals surface area contributed by atoms with E-state index in [2.05, 4.69) is 15.2 Å². The number of anilines is 2. The Balaban J connectivity index is 2.15. The smallest absolute Gasteiger partial charge is 0.265 e. The molecule has 1 saturated heterocycles. The zero-order chi connectivity index (χ0) is 12.4. The number of amides is 1. The van der Waals surface area contributed by atoms with Crippen LogP contribution in [0.2, 0.25) is 0 Å². The Morgan fingerprint density at radius 3 is 3.06 bits per heavy atom. The topological polar surface area (TPSA) is 97.3 Å². The third-order valence-corrected chi connectivity index (χ3v) is 3.81. The molecule has 7 heteroatoms. The lowest BCUT2D eigenvalue weighted by atomic mass is 10.3. The van der Waals surface area contributed by atoms with Gasteiger partial charge in [0, 0.05) is 25.7 Å². The summed E-state index contributed by atoms with van der Waals surface area (Å²) in [5.74, 6) is 0.147. The molecule has 1 unspecified atom stereocenters. The maximum Gasteiger partial charge on any atom is 0.265 e. The highest BCUT2D eigenvalue weighted by molar-refractivity contribution is 7.18. The fourth-order valence-corrected chi connectivity index (χ4v) is 2.76. The Bertz CT molecular complexity index is 419. The van der Waals surface area contributed by atoms with Crippen LogP contribution in [-0.4, -0.2) is 36.6 Å². The van der Waals surface area contributed by atoms with Gasteiger partial charge in [-0.05, 0) is 13.3 Å².